The van der Waals surface area contributed by atoms with E-state index in [9.17, 15) is 0 Å². The first-order valence-corrected chi connectivity index (χ1v) is 6.38. The third-order valence-corrected chi connectivity index (χ3v) is 3.12. The Balaban J connectivity index is 1.75. The van der Waals surface area contributed by atoms with Crippen LogP contribution >= 0.6 is 0 Å². The van der Waals surface area contributed by atoms with Crippen LogP contribution in [0.2, 0.25) is 0 Å². The summed E-state index contributed by atoms with van der Waals surface area (Å²) in [4.78, 5) is 0. The van der Waals surface area contributed by atoms with E-state index in [1.807, 2.05) is 18.2 Å². The van der Waals surface area contributed by atoms with Gasteiger partial charge in [-0.1, -0.05) is 18.2 Å². The van der Waals surface area contributed by atoms with Crippen LogP contribution in [0.5, 0.6) is 5.75 Å². The Morgan fingerprint density at radius 3 is 2.82 bits per heavy atom. The summed E-state index contributed by atoms with van der Waals surface area (Å²) < 4.78 is 5.33. The van der Waals surface area contributed by atoms with Gasteiger partial charge in [-0.3, -0.25) is 0 Å². The molecule has 0 bridgehead atoms. The Bertz CT molecular complexity index is 350. The second-order valence-corrected chi connectivity index (χ2v) is 4.78. The third kappa shape index (κ3) is 4.02. The summed E-state index contributed by atoms with van der Waals surface area (Å²) in [6, 6.07) is 9.43. The second kappa shape index (κ2) is 6.03. The minimum atomic E-state index is 0.487. The molecule has 94 valence electrons. The average Bonchev–Trinajstić information content (AvgIpc) is 3.18. The Labute approximate surface area is 104 Å². The molecule has 0 spiro atoms. The zero-order chi connectivity index (χ0) is 12.1. The van der Waals surface area contributed by atoms with Crippen molar-refractivity contribution in [2.24, 2.45) is 0 Å². The lowest BCUT2D eigenvalue weighted by Gasteiger charge is -2.15. The van der Waals surface area contributed by atoms with Crippen LogP contribution in [-0.4, -0.2) is 25.7 Å². The van der Waals surface area contributed by atoms with Gasteiger partial charge < -0.3 is 15.4 Å². The number of ether oxygens (including phenoxy) is 1. The molecule has 1 saturated carbocycles. The predicted octanol–water partition coefficient (Wildman–Crippen LogP) is 1.93. The standard InChI is InChI=1S/C14H22N2O/c1-11(9-16-13-7-8-13)15-10-12-5-3-4-6-14(12)17-2/h3-6,11,13,15-16H,7-10H2,1-2H3. The van der Waals surface area contributed by atoms with Gasteiger partial charge in [0.2, 0.25) is 0 Å². The van der Waals surface area contributed by atoms with Crippen molar-refractivity contribution in [3.05, 3.63) is 29.8 Å². The van der Waals surface area contributed by atoms with E-state index in [1.54, 1.807) is 7.11 Å². The molecule has 1 fully saturated rings. The first kappa shape index (κ1) is 12.4. The van der Waals surface area contributed by atoms with E-state index in [1.165, 1.54) is 18.4 Å². The molecule has 1 unspecified atom stereocenters. The fraction of sp³-hybridized carbons (Fsp3) is 0.571. The first-order chi connectivity index (χ1) is 8.29. The highest BCUT2D eigenvalue weighted by molar-refractivity contribution is 5.32. The van der Waals surface area contributed by atoms with Gasteiger partial charge in [0, 0.05) is 30.7 Å². The van der Waals surface area contributed by atoms with E-state index >= 15 is 0 Å². The highest BCUT2D eigenvalue weighted by Crippen LogP contribution is 2.18. The number of methoxy groups -OCH3 is 1. The van der Waals surface area contributed by atoms with Crippen LogP contribution in [-0.2, 0) is 6.54 Å². The molecule has 1 atom stereocenters. The van der Waals surface area contributed by atoms with Gasteiger partial charge in [-0.15, -0.1) is 0 Å². The maximum atomic E-state index is 5.33. The van der Waals surface area contributed by atoms with Crippen LogP contribution in [0.3, 0.4) is 0 Å². The van der Waals surface area contributed by atoms with Gasteiger partial charge in [-0.05, 0) is 25.8 Å². The molecular formula is C14H22N2O. The Morgan fingerprint density at radius 2 is 2.12 bits per heavy atom. The van der Waals surface area contributed by atoms with Gasteiger partial charge in [0.25, 0.3) is 0 Å². The summed E-state index contributed by atoms with van der Waals surface area (Å²) in [5.74, 6) is 0.961. The molecule has 2 N–H and O–H groups in total. The topological polar surface area (TPSA) is 33.3 Å². The predicted molar refractivity (Wildman–Crippen MR) is 70.3 cm³/mol. The molecule has 1 aliphatic carbocycles. The fourth-order valence-electron chi connectivity index (χ4n) is 1.84. The maximum absolute atomic E-state index is 5.33. The molecule has 17 heavy (non-hydrogen) atoms. The SMILES string of the molecule is COc1ccccc1CNC(C)CNC1CC1. The molecule has 1 aromatic rings. The Hall–Kier alpha value is -1.06. The van der Waals surface area contributed by atoms with Gasteiger partial charge >= 0.3 is 0 Å². The van der Waals surface area contributed by atoms with E-state index in [2.05, 4.69) is 23.6 Å². The molecule has 0 aliphatic heterocycles. The minimum Gasteiger partial charge on any atom is -0.496 e. The van der Waals surface area contributed by atoms with Gasteiger partial charge in [-0.25, -0.2) is 0 Å². The third-order valence-electron chi connectivity index (χ3n) is 3.12. The molecule has 3 nitrogen and oxygen atoms in total. The number of nitrogens with one attached hydrogen (secondary N) is 2. The quantitative estimate of drug-likeness (QED) is 0.756. The Kier molecular flexibility index (Phi) is 4.40. The highest BCUT2D eigenvalue weighted by atomic mass is 16.5. The molecule has 0 amide bonds. The van der Waals surface area contributed by atoms with Crippen LogP contribution in [0, 0.1) is 0 Å². The largest absolute Gasteiger partial charge is 0.496 e. The Morgan fingerprint density at radius 1 is 1.35 bits per heavy atom. The van der Waals surface area contributed by atoms with E-state index in [4.69, 9.17) is 4.74 Å². The highest BCUT2D eigenvalue weighted by Gasteiger charge is 2.20. The smallest absolute Gasteiger partial charge is 0.123 e. The van der Waals surface area contributed by atoms with Gasteiger partial charge in [0.1, 0.15) is 5.75 Å². The molecule has 1 aliphatic rings. The molecule has 0 aromatic heterocycles. The molecule has 0 heterocycles. The van der Waals surface area contributed by atoms with Crippen molar-refractivity contribution in [2.45, 2.75) is 38.4 Å². The normalized spacial score (nSPS) is 16.8. The lowest BCUT2D eigenvalue weighted by molar-refractivity contribution is 0.404. The molecule has 3 heteroatoms. The minimum absolute atomic E-state index is 0.487. The summed E-state index contributed by atoms with van der Waals surface area (Å²) in [7, 11) is 1.72. The van der Waals surface area contributed by atoms with Crippen LogP contribution < -0.4 is 15.4 Å². The van der Waals surface area contributed by atoms with E-state index < -0.39 is 0 Å². The van der Waals surface area contributed by atoms with Crippen molar-refractivity contribution < 1.29 is 4.74 Å². The van der Waals surface area contributed by atoms with Crippen molar-refractivity contribution >= 4 is 0 Å². The molecule has 0 saturated heterocycles. The van der Waals surface area contributed by atoms with Crippen molar-refractivity contribution in [3.63, 3.8) is 0 Å². The first-order valence-electron chi connectivity index (χ1n) is 6.38. The number of hydrogen-bond acceptors (Lipinski definition) is 3. The molecule has 2 rings (SSSR count). The number of para-hydroxylation sites is 1. The summed E-state index contributed by atoms with van der Waals surface area (Å²) in [5, 5.41) is 7.04. The molecule has 0 radical (unpaired) electrons. The zero-order valence-electron chi connectivity index (χ0n) is 10.7. The lowest BCUT2D eigenvalue weighted by atomic mass is 10.2. The van der Waals surface area contributed by atoms with Crippen molar-refractivity contribution in [2.75, 3.05) is 13.7 Å². The number of hydrogen-bond donors (Lipinski definition) is 2. The lowest BCUT2D eigenvalue weighted by Crippen LogP contribution is -2.36. The zero-order valence-corrected chi connectivity index (χ0v) is 10.7. The van der Waals surface area contributed by atoms with Gasteiger partial charge in [0.05, 0.1) is 7.11 Å². The van der Waals surface area contributed by atoms with Gasteiger partial charge in [0.15, 0.2) is 0 Å². The van der Waals surface area contributed by atoms with Crippen molar-refractivity contribution in [3.8, 4) is 5.75 Å². The van der Waals surface area contributed by atoms with Crippen LogP contribution in [0.25, 0.3) is 0 Å². The summed E-state index contributed by atoms with van der Waals surface area (Å²) in [6.45, 7) is 4.11. The monoisotopic (exact) mass is 234 g/mol. The van der Waals surface area contributed by atoms with E-state index in [0.29, 0.717) is 6.04 Å². The van der Waals surface area contributed by atoms with Crippen LogP contribution in [0.4, 0.5) is 0 Å². The van der Waals surface area contributed by atoms with Gasteiger partial charge in [-0.2, -0.15) is 0 Å². The second-order valence-electron chi connectivity index (χ2n) is 4.78. The average molecular weight is 234 g/mol. The number of rotatable bonds is 7. The van der Waals surface area contributed by atoms with Crippen molar-refractivity contribution in [1.82, 2.24) is 10.6 Å². The summed E-state index contributed by atoms with van der Waals surface area (Å²) in [6.07, 6.45) is 2.69. The molecule has 1 aromatic carbocycles. The van der Waals surface area contributed by atoms with Crippen LogP contribution in [0.1, 0.15) is 25.3 Å². The van der Waals surface area contributed by atoms with Crippen LogP contribution in [0.15, 0.2) is 24.3 Å². The molecular weight excluding hydrogens is 212 g/mol. The van der Waals surface area contributed by atoms with E-state index in [-0.39, 0.29) is 0 Å². The maximum Gasteiger partial charge on any atom is 0.123 e. The summed E-state index contributed by atoms with van der Waals surface area (Å²) in [5.41, 5.74) is 1.22. The summed E-state index contributed by atoms with van der Waals surface area (Å²) >= 11 is 0. The van der Waals surface area contributed by atoms with Crippen molar-refractivity contribution in [1.29, 1.82) is 0 Å². The number of benzene rings is 1. The van der Waals surface area contributed by atoms with E-state index in [0.717, 1.165) is 24.9 Å². The fourth-order valence-corrected chi connectivity index (χ4v) is 1.84.